The summed E-state index contributed by atoms with van der Waals surface area (Å²) in [6.07, 6.45) is 0. The smallest absolute Gasteiger partial charge is 0.339 e. The van der Waals surface area contributed by atoms with Crippen LogP contribution < -0.4 is 0 Å². The maximum atomic E-state index is 11.2. The molecule has 0 unspecified atom stereocenters. The maximum absolute atomic E-state index is 11.2. The number of benzene rings is 1. The quantitative estimate of drug-likeness (QED) is 0.541. The third-order valence-corrected chi connectivity index (χ3v) is 2.10. The molecule has 0 fully saturated rings. The second-order valence-corrected chi connectivity index (χ2v) is 2.94. The lowest BCUT2D eigenvalue weighted by atomic mass is 10.1. The van der Waals surface area contributed by atoms with E-state index in [0.29, 0.717) is 0 Å². The summed E-state index contributed by atoms with van der Waals surface area (Å²) in [6, 6.07) is 4.25. The fraction of sp³-hybridized carbons (Fsp3) is 0.111. The molecule has 4 nitrogen and oxygen atoms in total. The molecule has 5 heteroatoms. The van der Waals surface area contributed by atoms with Crippen LogP contribution in [0.5, 0.6) is 5.75 Å². The fourth-order valence-corrected chi connectivity index (χ4v) is 1.24. The zero-order chi connectivity index (χ0) is 10.7. The molecule has 0 bridgehead atoms. The van der Waals surface area contributed by atoms with Crippen LogP contribution in [0.4, 0.5) is 0 Å². The van der Waals surface area contributed by atoms with Crippen molar-refractivity contribution in [3.8, 4) is 11.8 Å². The third kappa shape index (κ3) is 1.80. The van der Waals surface area contributed by atoms with Gasteiger partial charge in [-0.1, -0.05) is 0 Å². The molecule has 0 atom stereocenters. The van der Waals surface area contributed by atoms with Crippen molar-refractivity contribution in [2.24, 2.45) is 0 Å². The number of methoxy groups -OCH3 is 1. The first-order valence-corrected chi connectivity index (χ1v) is 4.09. The molecule has 1 N–H and O–H groups in total. The number of carbonyl (C=O) groups excluding carboxylic acids is 1. The minimum absolute atomic E-state index is 0.0763. The van der Waals surface area contributed by atoms with Crippen LogP contribution in [0.25, 0.3) is 0 Å². The van der Waals surface area contributed by atoms with Gasteiger partial charge in [-0.3, -0.25) is 0 Å². The maximum Gasteiger partial charge on any atom is 0.339 e. The number of ether oxygens (including phenoxy) is 1. The first-order chi connectivity index (χ1) is 6.60. The summed E-state index contributed by atoms with van der Waals surface area (Å²) in [6.45, 7) is 0. The van der Waals surface area contributed by atoms with E-state index in [0.717, 1.165) is 0 Å². The van der Waals surface area contributed by atoms with Crippen molar-refractivity contribution in [1.82, 2.24) is 0 Å². The predicted molar refractivity (Wildman–Crippen MR) is 51.4 cm³/mol. The molecule has 0 saturated heterocycles. The van der Waals surface area contributed by atoms with Crippen LogP contribution >= 0.6 is 12.6 Å². The van der Waals surface area contributed by atoms with E-state index in [-0.39, 0.29) is 21.8 Å². The molecule has 0 radical (unpaired) electrons. The molecule has 0 aliphatic heterocycles. The van der Waals surface area contributed by atoms with Crippen LogP contribution in [0, 0.1) is 11.3 Å². The van der Waals surface area contributed by atoms with Crippen molar-refractivity contribution >= 4 is 18.6 Å². The number of carbonyl (C=O) groups is 1. The Kier molecular flexibility index (Phi) is 2.99. The monoisotopic (exact) mass is 209 g/mol. The van der Waals surface area contributed by atoms with Crippen molar-refractivity contribution in [2.45, 2.75) is 4.90 Å². The predicted octanol–water partition coefficient (Wildman–Crippen LogP) is 1.34. The molecule has 1 rings (SSSR count). The Hall–Kier alpha value is -1.67. The van der Waals surface area contributed by atoms with Gasteiger partial charge in [-0.2, -0.15) is 5.26 Å². The molecule has 1 aromatic rings. The van der Waals surface area contributed by atoms with Gasteiger partial charge in [-0.15, -0.1) is 12.6 Å². The second kappa shape index (κ2) is 4.03. The Morgan fingerprint density at radius 3 is 2.79 bits per heavy atom. The van der Waals surface area contributed by atoms with Gasteiger partial charge in [0.2, 0.25) is 0 Å². The number of phenols is 1. The van der Waals surface area contributed by atoms with E-state index in [1.54, 1.807) is 0 Å². The average Bonchev–Trinajstić information content (AvgIpc) is 2.19. The molecular formula is C9H7NO3S. The van der Waals surface area contributed by atoms with Crippen molar-refractivity contribution in [2.75, 3.05) is 7.11 Å². The van der Waals surface area contributed by atoms with Crippen molar-refractivity contribution in [3.05, 3.63) is 23.3 Å². The van der Waals surface area contributed by atoms with Crippen molar-refractivity contribution in [1.29, 1.82) is 5.26 Å². The summed E-state index contributed by atoms with van der Waals surface area (Å²) in [5.41, 5.74) is 0.209. The number of rotatable bonds is 1. The summed E-state index contributed by atoms with van der Waals surface area (Å²) >= 11 is 4.00. The molecule has 0 aliphatic rings. The minimum atomic E-state index is -0.637. The molecular weight excluding hydrogens is 202 g/mol. The highest BCUT2D eigenvalue weighted by atomic mass is 32.1. The van der Waals surface area contributed by atoms with E-state index in [1.807, 2.05) is 6.07 Å². The standard InChI is InChI=1S/C9H7NO3S/c1-13-9(12)7-3-6(11)2-5(4-10)8(7)14/h2-3,11,14H,1H3. The van der Waals surface area contributed by atoms with Crippen LogP contribution in [0.1, 0.15) is 15.9 Å². The lowest BCUT2D eigenvalue weighted by Gasteiger charge is -2.04. The lowest BCUT2D eigenvalue weighted by molar-refractivity contribution is 0.0596. The number of phenolic OH excluding ortho intramolecular Hbond substituents is 1. The number of hydrogen-bond acceptors (Lipinski definition) is 5. The number of thiol groups is 1. The zero-order valence-corrected chi connectivity index (χ0v) is 8.21. The molecule has 72 valence electrons. The number of esters is 1. The van der Waals surface area contributed by atoms with Crippen molar-refractivity contribution in [3.63, 3.8) is 0 Å². The molecule has 0 aromatic heterocycles. The number of nitrogens with zero attached hydrogens (tertiary/aromatic N) is 1. The summed E-state index contributed by atoms with van der Waals surface area (Å²) in [7, 11) is 1.21. The zero-order valence-electron chi connectivity index (χ0n) is 7.31. The van der Waals surface area contributed by atoms with Crippen LogP contribution in [0.3, 0.4) is 0 Å². The molecule has 0 spiro atoms. The molecule has 0 aliphatic carbocycles. The van der Waals surface area contributed by atoms with E-state index < -0.39 is 5.97 Å². The van der Waals surface area contributed by atoms with Gasteiger partial charge in [0.1, 0.15) is 11.8 Å². The molecule has 14 heavy (non-hydrogen) atoms. The fourth-order valence-electron chi connectivity index (χ4n) is 0.970. The van der Waals surface area contributed by atoms with Crippen molar-refractivity contribution < 1.29 is 14.6 Å². The first-order valence-electron chi connectivity index (χ1n) is 3.64. The third-order valence-electron chi connectivity index (χ3n) is 1.62. The SMILES string of the molecule is COC(=O)c1cc(O)cc(C#N)c1S. The normalized spacial score (nSPS) is 9.21. The van der Waals surface area contributed by atoms with E-state index in [1.165, 1.54) is 19.2 Å². The summed E-state index contributed by atoms with van der Waals surface area (Å²) < 4.78 is 4.46. The second-order valence-electron chi connectivity index (χ2n) is 2.49. The average molecular weight is 209 g/mol. The Bertz CT molecular complexity index is 423. The van der Waals surface area contributed by atoms with E-state index in [4.69, 9.17) is 5.26 Å². The summed E-state index contributed by atoms with van der Waals surface area (Å²) in [5, 5.41) is 17.9. The molecule has 0 amide bonds. The van der Waals surface area contributed by atoms with Gasteiger partial charge >= 0.3 is 5.97 Å². The molecule has 0 heterocycles. The molecule has 1 aromatic carbocycles. The number of hydrogen-bond donors (Lipinski definition) is 2. The van der Waals surface area contributed by atoms with Gasteiger partial charge in [0.05, 0.1) is 18.2 Å². The van der Waals surface area contributed by atoms with Gasteiger partial charge < -0.3 is 9.84 Å². The minimum Gasteiger partial charge on any atom is -0.508 e. The molecule has 0 saturated carbocycles. The van der Waals surface area contributed by atoms with Crippen LogP contribution in [-0.2, 0) is 4.74 Å². The lowest BCUT2D eigenvalue weighted by Crippen LogP contribution is -2.03. The Morgan fingerprint density at radius 2 is 2.29 bits per heavy atom. The van der Waals surface area contributed by atoms with Gasteiger partial charge in [-0.05, 0) is 12.1 Å². The Morgan fingerprint density at radius 1 is 1.64 bits per heavy atom. The van der Waals surface area contributed by atoms with Gasteiger partial charge in [0.15, 0.2) is 0 Å². The van der Waals surface area contributed by atoms with Crippen LogP contribution in [0.15, 0.2) is 17.0 Å². The van der Waals surface area contributed by atoms with Crippen LogP contribution in [0.2, 0.25) is 0 Å². The first kappa shape index (κ1) is 10.4. The number of nitriles is 1. The van der Waals surface area contributed by atoms with E-state index in [9.17, 15) is 9.90 Å². The highest BCUT2D eigenvalue weighted by molar-refractivity contribution is 7.80. The van der Waals surface area contributed by atoms with Crippen LogP contribution in [-0.4, -0.2) is 18.2 Å². The van der Waals surface area contributed by atoms with E-state index >= 15 is 0 Å². The summed E-state index contributed by atoms with van der Waals surface area (Å²) in [4.78, 5) is 11.4. The summed E-state index contributed by atoms with van der Waals surface area (Å²) in [5.74, 6) is -0.804. The Labute approximate surface area is 86.1 Å². The number of aromatic hydroxyl groups is 1. The van der Waals surface area contributed by atoms with Gasteiger partial charge in [0.25, 0.3) is 0 Å². The van der Waals surface area contributed by atoms with E-state index in [2.05, 4.69) is 17.4 Å². The van der Waals surface area contributed by atoms with Gasteiger partial charge in [-0.25, -0.2) is 4.79 Å². The Balaban J connectivity index is 3.38. The highest BCUT2D eigenvalue weighted by Crippen LogP contribution is 2.24. The highest BCUT2D eigenvalue weighted by Gasteiger charge is 2.14. The van der Waals surface area contributed by atoms with Gasteiger partial charge in [0, 0.05) is 4.90 Å². The topological polar surface area (TPSA) is 70.3 Å². The largest absolute Gasteiger partial charge is 0.508 e.